The molecule has 0 atom stereocenters. The van der Waals surface area contributed by atoms with E-state index in [1.54, 1.807) is 25.4 Å². The van der Waals surface area contributed by atoms with Crippen LogP contribution in [0.1, 0.15) is 0 Å². The third-order valence-corrected chi connectivity index (χ3v) is 2.73. The lowest BCUT2D eigenvalue weighted by Crippen LogP contribution is -1.90. The summed E-state index contributed by atoms with van der Waals surface area (Å²) in [7, 11) is 1.60. The van der Waals surface area contributed by atoms with Crippen molar-refractivity contribution in [1.29, 1.82) is 0 Å². The average molecular weight is 315 g/mol. The SMILES string of the molecule is COc1cccc(Oc2ncc(Br)cc2Cl)c1. The van der Waals surface area contributed by atoms with Crippen LogP contribution in [-0.2, 0) is 0 Å². The van der Waals surface area contributed by atoms with Crippen LogP contribution in [0.2, 0.25) is 5.02 Å². The van der Waals surface area contributed by atoms with Crippen LogP contribution in [0.3, 0.4) is 0 Å². The number of benzene rings is 1. The molecule has 0 N–H and O–H groups in total. The molecule has 0 saturated carbocycles. The molecule has 0 aliphatic carbocycles. The topological polar surface area (TPSA) is 31.4 Å². The average Bonchev–Trinajstić information content (AvgIpc) is 2.33. The highest BCUT2D eigenvalue weighted by atomic mass is 79.9. The van der Waals surface area contributed by atoms with Crippen molar-refractivity contribution < 1.29 is 9.47 Å². The van der Waals surface area contributed by atoms with Crippen molar-refractivity contribution in [2.24, 2.45) is 0 Å². The van der Waals surface area contributed by atoms with Gasteiger partial charge in [-0.25, -0.2) is 4.98 Å². The summed E-state index contributed by atoms with van der Waals surface area (Å²) in [6, 6.07) is 8.97. The molecule has 3 nitrogen and oxygen atoms in total. The summed E-state index contributed by atoms with van der Waals surface area (Å²) >= 11 is 9.29. The summed E-state index contributed by atoms with van der Waals surface area (Å²) in [6.07, 6.45) is 1.63. The standard InChI is InChI=1S/C12H9BrClNO2/c1-16-9-3-2-4-10(6-9)17-12-11(14)5-8(13)7-15-12/h2-7H,1H3. The van der Waals surface area contributed by atoms with E-state index in [0.29, 0.717) is 16.7 Å². The van der Waals surface area contributed by atoms with E-state index in [1.807, 2.05) is 18.2 Å². The summed E-state index contributed by atoms with van der Waals surface area (Å²) < 4.78 is 11.5. The van der Waals surface area contributed by atoms with Crippen molar-refractivity contribution in [2.75, 3.05) is 7.11 Å². The highest BCUT2D eigenvalue weighted by Crippen LogP contribution is 2.30. The number of hydrogen-bond acceptors (Lipinski definition) is 3. The summed E-state index contributed by atoms with van der Waals surface area (Å²) in [5.41, 5.74) is 0. The minimum Gasteiger partial charge on any atom is -0.497 e. The molecule has 1 heterocycles. The summed E-state index contributed by atoms with van der Waals surface area (Å²) in [5, 5.41) is 0.446. The maximum atomic E-state index is 6.00. The van der Waals surface area contributed by atoms with Crippen LogP contribution >= 0.6 is 27.5 Å². The molecular weight excluding hydrogens is 305 g/mol. The molecule has 0 bridgehead atoms. The maximum absolute atomic E-state index is 6.00. The quantitative estimate of drug-likeness (QED) is 0.846. The largest absolute Gasteiger partial charge is 0.497 e. The Bertz CT molecular complexity index is 534. The zero-order chi connectivity index (χ0) is 12.3. The molecule has 17 heavy (non-hydrogen) atoms. The fourth-order valence-electron chi connectivity index (χ4n) is 1.25. The highest BCUT2D eigenvalue weighted by Gasteiger charge is 2.06. The molecule has 2 aromatic rings. The van der Waals surface area contributed by atoms with Gasteiger partial charge in [0.05, 0.1) is 7.11 Å². The molecule has 0 aliphatic heterocycles. The van der Waals surface area contributed by atoms with Crippen LogP contribution in [-0.4, -0.2) is 12.1 Å². The van der Waals surface area contributed by atoms with Crippen LogP contribution < -0.4 is 9.47 Å². The fraction of sp³-hybridized carbons (Fsp3) is 0.0833. The van der Waals surface area contributed by atoms with Gasteiger partial charge in [-0.3, -0.25) is 0 Å². The van der Waals surface area contributed by atoms with Crippen molar-refractivity contribution >= 4 is 27.5 Å². The Morgan fingerprint density at radius 2 is 2.00 bits per heavy atom. The minimum absolute atomic E-state index is 0.364. The number of halogens is 2. The van der Waals surface area contributed by atoms with Crippen LogP contribution in [0.15, 0.2) is 41.0 Å². The van der Waals surface area contributed by atoms with Gasteiger partial charge in [0.1, 0.15) is 16.5 Å². The Balaban J connectivity index is 2.25. The molecule has 0 spiro atoms. The van der Waals surface area contributed by atoms with E-state index in [-0.39, 0.29) is 0 Å². The Labute approximate surface area is 112 Å². The molecule has 0 aliphatic rings. The molecular formula is C12H9BrClNO2. The predicted molar refractivity (Wildman–Crippen MR) is 70.0 cm³/mol. The van der Waals surface area contributed by atoms with Crippen LogP contribution in [0, 0.1) is 0 Å². The Morgan fingerprint density at radius 1 is 1.24 bits per heavy atom. The van der Waals surface area contributed by atoms with Crippen molar-refractivity contribution in [1.82, 2.24) is 4.98 Å². The first-order chi connectivity index (χ1) is 8.19. The van der Waals surface area contributed by atoms with Crippen LogP contribution in [0.4, 0.5) is 0 Å². The van der Waals surface area contributed by atoms with Crippen LogP contribution in [0.25, 0.3) is 0 Å². The molecule has 2 rings (SSSR count). The lowest BCUT2D eigenvalue weighted by molar-refractivity contribution is 0.407. The highest BCUT2D eigenvalue weighted by molar-refractivity contribution is 9.10. The van der Waals surface area contributed by atoms with Gasteiger partial charge < -0.3 is 9.47 Å². The minimum atomic E-state index is 0.364. The van der Waals surface area contributed by atoms with E-state index in [2.05, 4.69) is 20.9 Å². The van der Waals surface area contributed by atoms with E-state index in [0.717, 1.165) is 10.2 Å². The van der Waals surface area contributed by atoms with Gasteiger partial charge in [0.15, 0.2) is 0 Å². The first kappa shape index (κ1) is 12.2. The number of ether oxygens (including phenoxy) is 2. The molecule has 1 aromatic heterocycles. The van der Waals surface area contributed by atoms with Gasteiger partial charge in [0, 0.05) is 16.7 Å². The van der Waals surface area contributed by atoms with E-state index in [1.165, 1.54) is 0 Å². The van der Waals surface area contributed by atoms with Gasteiger partial charge in [0.25, 0.3) is 0 Å². The van der Waals surface area contributed by atoms with Gasteiger partial charge in [-0.1, -0.05) is 17.7 Å². The van der Waals surface area contributed by atoms with Gasteiger partial charge in [-0.2, -0.15) is 0 Å². The Kier molecular flexibility index (Phi) is 3.86. The summed E-state index contributed by atoms with van der Waals surface area (Å²) in [4.78, 5) is 4.09. The normalized spacial score (nSPS) is 10.1. The zero-order valence-electron chi connectivity index (χ0n) is 8.98. The smallest absolute Gasteiger partial charge is 0.238 e. The van der Waals surface area contributed by atoms with Crippen molar-refractivity contribution in [3.05, 3.63) is 46.0 Å². The molecule has 0 saturated heterocycles. The molecule has 0 fully saturated rings. The molecule has 5 heteroatoms. The number of hydrogen-bond donors (Lipinski definition) is 0. The van der Waals surface area contributed by atoms with Gasteiger partial charge >= 0.3 is 0 Å². The second-order valence-corrected chi connectivity index (χ2v) is 4.54. The van der Waals surface area contributed by atoms with E-state index >= 15 is 0 Å². The number of rotatable bonds is 3. The lowest BCUT2D eigenvalue weighted by Gasteiger charge is -2.07. The number of aromatic nitrogens is 1. The molecule has 0 amide bonds. The number of nitrogens with zero attached hydrogens (tertiary/aromatic N) is 1. The fourth-order valence-corrected chi connectivity index (χ4v) is 1.92. The Morgan fingerprint density at radius 3 is 2.71 bits per heavy atom. The van der Waals surface area contributed by atoms with Crippen molar-refractivity contribution in [2.45, 2.75) is 0 Å². The van der Waals surface area contributed by atoms with Crippen LogP contribution in [0.5, 0.6) is 17.4 Å². The van der Waals surface area contributed by atoms with Gasteiger partial charge in [-0.05, 0) is 34.1 Å². The first-order valence-corrected chi connectivity index (χ1v) is 5.99. The third kappa shape index (κ3) is 3.11. The molecule has 1 aromatic carbocycles. The van der Waals surface area contributed by atoms with E-state index in [9.17, 15) is 0 Å². The summed E-state index contributed by atoms with van der Waals surface area (Å²) in [5.74, 6) is 1.71. The number of pyridine rings is 1. The van der Waals surface area contributed by atoms with E-state index in [4.69, 9.17) is 21.1 Å². The molecule has 0 unspecified atom stereocenters. The second kappa shape index (κ2) is 5.38. The third-order valence-electron chi connectivity index (χ3n) is 2.03. The lowest BCUT2D eigenvalue weighted by atomic mass is 10.3. The molecule has 88 valence electrons. The summed E-state index contributed by atoms with van der Waals surface area (Å²) in [6.45, 7) is 0. The maximum Gasteiger partial charge on any atom is 0.238 e. The van der Waals surface area contributed by atoms with Crippen molar-refractivity contribution in [3.63, 3.8) is 0 Å². The Hall–Kier alpha value is -1.26. The van der Waals surface area contributed by atoms with E-state index < -0.39 is 0 Å². The second-order valence-electron chi connectivity index (χ2n) is 3.22. The first-order valence-electron chi connectivity index (χ1n) is 4.82. The zero-order valence-corrected chi connectivity index (χ0v) is 11.3. The predicted octanol–water partition coefficient (Wildman–Crippen LogP) is 4.30. The van der Waals surface area contributed by atoms with Gasteiger partial charge in [0.2, 0.25) is 5.88 Å². The molecule has 0 radical (unpaired) electrons. The number of methoxy groups -OCH3 is 1. The van der Waals surface area contributed by atoms with Crippen molar-refractivity contribution in [3.8, 4) is 17.4 Å². The monoisotopic (exact) mass is 313 g/mol. The van der Waals surface area contributed by atoms with Gasteiger partial charge in [-0.15, -0.1) is 0 Å².